The fraction of sp³-hybridized carbons (Fsp3) is 0.154. The Morgan fingerprint density at radius 1 is 1.29 bits per heavy atom. The molecular weight excluding hydrogens is 376 g/mol. The van der Waals surface area contributed by atoms with E-state index in [0.717, 1.165) is 3.79 Å². The minimum Gasteiger partial charge on any atom is -0.355 e. The average Bonchev–Trinajstić information content (AvgIpc) is 2.78. The quantitative estimate of drug-likeness (QED) is 0.844. The van der Waals surface area contributed by atoms with E-state index in [4.69, 9.17) is 0 Å². The van der Waals surface area contributed by atoms with Gasteiger partial charge < -0.3 is 5.32 Å². The first kappa shape index (κ1) is 16.0. The first-order valence-electron chi connectivity index (χ1n) is 5.95. The molecule has 1 amide bonds. The maximum absolute atomic E-state index is 12.4. The number of carbonyl (C=O) groups is 1. The van der Waals surface area contributed by atoms with Gasteiger partial charge >= 0.3 is 0 Å². The molecule has 2 N–H and O–H groups in total. The lowest BCUT2D eigenvalue weighted by Crippen LogP contribution is -2.21. The summed E-state index contributed by atoms with van der Waals surface area (Å²) in [5.74, 6) is -0.350. The van der Waals surface area contributed by atoms with E-state index < -0.39 is 10.0 Å². The molecule has 0 fully saturated rings. The summed E-state index contributed by atoms with van der Waals surface area (Å²) in [7, 11) is -2.24. The number of hydrogen-bond donors (Lipinski definition) is 2. The second kappa shape index (κ2) is 6.17. The Labute approximate surface area is 135 Å². The average molecular weight is 389 g/mol. The van der Waals surface area contributed by atoms with Crippen LogP contribution in [0.3, 0.4) is 0 Å². The van der Waals surface area contributed by atoms with Crippen molar-refractivity contribution < 1.29 is 13.2 Å². The number of amides is 1. The van der Waals surface area contributed by atoms with Gasteiger partial charge in [-0.25, -0.2) is 8.42 Å². The Morgan fingerprint density at radius 3 is 2.52 bits per heavy atom. The van der Waals surface area contributed by atoms with Gasteiger partial charge in [-0.05, 0) is 41.1 Å². The zero-order chi connectivity index (χ0) is 15.6. The van der Waals surface area contributed by atoms with Gasteiger partial charge in [0.25, 0.3) is 15.9 Å². The molecule has 0 radical (unpaired) electrons. The van der Waals surface area contributed by atoms with Crippen molar-refractivity contribution in [3.05, 3.63) is 44.6 Å². The second-order valence-electron chi connectivity index (χ2n) is 4.20. The molecule has 2 aromatic rings. The third-order valence-corrected chi connectivity index (χ3v) is 5.95. The van der Waals surface area contributed by atoms with Crippen LogP contribution in [0, 0.1) is 6.92 Å². The van der Waals surface area contributed by atoms with Crippen molar-refractivity contribution in [2.45, 2.75) is 11.8 Å². The van der Waals surface area contributed by atoms with Gasteiger partial charge in [-0.1, -0.05) is 12.1 Å². The molecule has 8 heteroatoms. The van der Waals surface area contributed by atoms with Crippen LogP contribution in [0.4, 0.5) is 5.69 Å². The van der Waals surface area contributed by atoms with Gasteiger partial charge in [0.1, 0.15) is 4.90 Å². The lowest BCUT2D eigenvalue weighted by atomic mass is 10.2. The predicted molar refractivity (Wildman–Crippen MR) is 87.4 cm³/mol. The summed E-state index contributed by atoms with van der Waals surface area (Å²) < 4.78 is 28.1. The van der Waals surface area contributed by atoms with Crippen molar-refractivity contribution >= 4 is 48.9 Å². The molecule has 2 rings (SSSR count). The van der Waals surface area contributed by atoms with Gasteiger partial charge in [0.05, 0.1) is 15.0 Å². The van der Waals surface area contributed by atoms with Gasteiger partial charge in [0.2, 0.25) is 0 Å². The summed E-state index contributed by atoms with van der Waals surface area (Å²) in [5.41, 5.74) is 0.522. The lowest BCUT2D eigenvalue weighted by molar-refractivity contribution is 0.0964. The molecule has 1 aromatic heterocycles. The number of halogens is 1. The van der Waals surface area contributed by atoms with Crippen LogP contribution in [0.15, 0.2) is 39.0 Å². The molecule has 0 aliphatic rings. The van der Waals surface area contributed by atoms with Crippen molar-refractivity contribution in [3.63, 3.8) is 0 Å². The Kier molecular flexibility index (Phi) is 4.70. The first-order valence-corrected chi connectivity index (χ1v) is 9.04. The van der Waals surface area contributed by atoms with Crippen molar-refractivity contribution in [2.24, 2.45) is 0 Å². The summed E-state index contributed by atoms with van der Waals surface area (Å²) in [5, 5.41) is 2.48. The van der Waals surface area contributed by atoms with Gasteiger partial charge in [0.15, 0.2) is 0 Å². The van der Waals surface area contributed by atoms with Gasteiger partial charge in [0, 0.05) is 11.9 Å². The number of hydrogen-bond acceptors (Lipinski definition) is 4. The van der Waals surface area contributed by atoms with Crippen molar-refractivity contribution in [1.29, 1.82) is 0 Å². The fourth-order valence-corrected chi connectivity index (χ4v) is 5.30. The molecular formula is C13H13BrN2O3S2. The highest BCUT2D eigenvalue weighted by atomic mass is 79.9. The maximum Gasteiger partial charge on any atom is 0.263 e. The Bertz CT molecular complexity index is 784. The van der Waals surface area contributed by atoms with E-state index in [0.29, 0.717) is 4.88 Å². The van der Waals surface area contributed by atoms with Gasteiger partial charge in [-0.15, -0.1) is 11.3 Å². The molecule has 5 nitrogen and oxygen atoms in total. The number of thiophene rings is 1. The van der Waals surface area contributed by atoms with E-state index in [1.807, 2.05) is 0 Å². The van der Waals surface area contributed by atoms with E-state index in [1.54, 1.807) is 37.3 Å². The van der Waals surface area contributed by atoms with Crippen LogP contribution in [-0.4, -0.2) is 21.4 Å². The minimum atomic E-state index is -3.74. The number of carbonyl (C=O) groups excluding carboxylic acids is 1. The number of aryl methyl sites for hydroxylation is 1. The van der Waals surface area contributed by atoms with Crippen molar-refractivity contribution in [2.75, 3.05) is 11.8 Å². The third kappa shape index (κ3) is 3.45. The standard InChI is InChI=1S/C13H13BrN2O3S2/c1-8-11(7-12(14)20-8)21(18,19)16-10-6-4-3-5-9(10)13(17)15-2/h3-7,16H,1-2H3,(H,15,17). The Hall–Kier alpha value is -1.38. The number of sulfonamides is 1. The number of benzene rings is 1. The van der Waals surface area contributed by atoms with E-state index in [-0.39, 0.29) is 22.1 Å². The van der Waals surface area contributed by atoms with E-state index >= 15 is 0 Å². The van der Waals surface area contributed by atoms with Crippen LogP contribution in [-0.2, 0) is 10.0 Å². The molecule has 0 saturated carbocycles. The van der Waals surface area contributed by atoms with E-state index in [1.165, 1.54) is 18.4 Å². The molecule has 0 aliphatic heterocycles. The monoisotopic (exact) mass is 388 g/mol. The van der Waals surface area contributed by atoms with Crippen LogP contribution in [0.5, 0.6) is 0 Å². The van der Waals surface area contributed by atoms with Crippen LogP contribution in [0.1, 0.15) is 15.2 Å². The lowest BCUT2D eigenvalue weighted by Gasteiger charge is -2.11. The number of nitrogens with one attached hydrogen (secondary N) is 2. The summed E-state index contributed by atoms with van der Waals surface area (Å²) in [6, 6.07) is 8.01. The number of rotatable bonds is 4. The summed E-state index contributed by atoms with van der Waals surface area (Å²) in [6.45, 7) is 1.73. The third-order valence-electron chi connectivity index (χ3n) is 2.77. The molecule has 1 aromatic carbocycles. The summed E-state index contributed by atoms with van der Waals surface area (Å²) in [4.78, 5) is 12.6. The number of para-hydroxylation sites is 1. The number of anilines is 1. The van der Waals surface area contributed by atoms with Crippen molar-refractivity contribution in [3.8, 4) is 0 Å². The molecule has 0 spiro atoms. The molecule has 0 aliphatic carbocycles. The minimum absolute atomic E-state index is 0.200. The SMILES string of the molecule is CNC(=O)c1ccccc1NS(=O)(=O)c1cc(Br)sc1C. The molecule has 112 valence electrons. The van der Waals surface area contributed by atoms with Crippen LogP contribution >= 0.6 is 27.3 Å². The van der Waals surface area contributed by atoms with Gasteiger partial charge in [-0.2, -0.15) is 0 Å². The normalized spacial score (nSPS) is 11.2. The topological polar surface area (TPSA) is 75.3 Å². The van der Waals surface area contributed by atoms with E-state index in [2.05, 4.69) is 26.0 Å². The van der Waals surface area contributed by atoms with Crippen LogP contribution < -0.4 is 10.0 Å². The second-order valence-corrected chi connectivity index (χ2v) is 8.49. The fourth-order valence-electron chi connectivity index (χ4n) is 1.80. The summed E-state index contributed by atoms with van der Waals surface area (Å²) >= 11 is 4.61. The predicted octanol–water partition coefficient (Wildman–Crippen LogP) is 2.98. The van der Waals surface area contributed by atoms with Gasteiger partial charge in [-0.3, -0.25) is 9.52 Å². The van der Waals surface area contributed by atoms with Crippen LogP contribution in [0.25, 0.3) is 0 Å². The molecule has 21 heavy (non-hydrogen) atoms. The summed E-state index contributed by atoms with van der Waals surface area (Å²) in [6.07, 6.45) is 0. The zero-order valence-corrected chi connectivity index (χ0v) is 14.5. The van der Waals surface area contributed by atoms with Crippen LogP contribution in [0.2, 0.25) is 0 Å². The van der Waals surface area contributed by atoms with Crippen molar-refractivity contribution in [1.82, 2.24) is 5.32 Å². The molecule has 1 heterocycles. The zero-order valence-electron chi connectivity index (χ0n) is 11.3. The smallest absolute Gasteiger partial charge is 0.263 e. The molecule has 0 saturated heterocycles. The molecule has 0 bridgehead atoms. The van der Waals surface area contributed by atoms with E-state index in [9.17, 15) is 13.2 Å². The maximum atomic E-state index is 12.4. The highest BCUT2D eigenvalue weighted by molar-refractivity contribution is 9.11. The Balaban J connectivity index is 2.42. The Morgan fingerprint density at radius 2 is 1.95 bits per heavy atom. The molecule has 0 unspecified atom stereocenters. The largest absolute Gasteiger partial charge is 0.355 e. The highest BCUT2D eigenvalue weighted by Crippen LogP contribution is 2.31. The molecule has 0 atom stereocenters. The highest BCUT2D eigenvalue weighted by Gasteiger charge is 2.21. The first-order chi connectivity index (χ1) is 9.85.